The first-order valence-electron chi connectivity index (χ1n) is 4.16. The van der Waals surface area contributed by atoms with E-state index in [1.165, 1.54) is 24.8 Å². The van der Waals surface area contributed by atoms with Gasteiger partial charge in [0.1, 0.15) is 0 Å². The van der Waals surface area contributed by atoms with Crippen LogP contribution in [0, 0.1) is 5.92 Å². The largest absolute Gasteiger partial charge is 0.0843 e. The molecule has 0 spiro atoms. The number of hydrogen-bond acceptors (Lipinski definition) is 0. The molecule has 0 saturated carbocycles. The molecule has 0 heteroatoms. The summed E-state index contributed by atoms with van der Waals surface area (Å²) in [5, 5.41) is 0. The topological polar surface area (TPSA) is 0 Å². The van der Waals surface area contributed by atoms with Crippen molar-refractivity contribution < 1.29 is 0 Å². The molecule has 0 saturated heterocycles. The summed E-state index contributed by atoms with van der Waals surface area (Å²) in [6.07, 6.45) is 10.8. The third kappa shape index (κ3) is 2.38. The minimum atomic E-state index is 0.706. The van der Waals surface area contributed by atoms with Crippen LogP contribution in [0.5, 0.6) is 0 Å². The van der Waals surface area contributed by atoms with E-state index in [-0.39, 0.29) is 0 Å². The summed E-state index contributed by atoms with van der Waals surface area (Å²) < 4.78 is 0. The van der Waals surface area contributed by atoms with E-state index in [1.807, 2.05) is 0 Å². The van der Waals surface area contributed by atoms with E-state index < -0.39 is 0 Å². The zero-order valence-corrected chi connectivity index (χ0v) is 6.93. The molecular formula is C10H16. The van der Waals surface area contributed by atoms with Crippen molar-refractivity contribution in [3.05, 3.63) is 23.8 Å². The fraction of sp³-hybridized carbons (Fsp3) is 0.600. The van der Waals surface area contributed by atoms with Crippen molar-refractivity contribution in [2.24, 2.45) is 5.92 Å². The van der Waals surface area contributed by atoms with Gasteiger partial charge < -0.3 is 0 Å². The molecule has 0 nitrogen and oxygen atoms in total. The zero-order chi connectivity index (χ0) is 7.40. The van der Waals surface area contributed by atoms with Crippen molar-refractivity contribution in [1.82, 2.24) is 0 Å². The molecule has 0 aromatic rings. The molecule has 0 radical (unpaired) electrons. The van der Waals surface area contributed by atoms with Gasteiger partial charge in [0.25, 0.3) is 0 Å². The smallest absolute Gasteiger partial charge is 0.0279 e. The highest BCUT2D eigenvalue weighted by Crippen LogP contribution is 2.17. The minimum absolute atomic E-state index is 0.706. The molecule has 1 rings (SSSR count). The molecule has 0 aliphatic heterocycles. The van der Waals surface area contributed by atoms with Crippen LogP contribution in [0.3, 0.4) is 0 Å². The van der Waals surface area contributed by atoms with Crippen molar-refractivity contribution in [3.63, 3.8) is 0 Å². The summed E-state index contributed by atoms with van der Waals surface area (Å²) in [6, 6.07) is 0. The van der Waals surface area contributed by atoms with Gasteiger partial charge in [-0.05, 0) is 25.2 Å². The first-order chi connectivity index (χ1) is 4.79. The van der Waals surface area contributed by atoms with E-state index in [9.17, 15) is 0 Å². The van der Waals surface area contributed by atoms with Crippen LogP contribution in [-0.4, -0.2) is 0 Å². The highest BCUT2D eigenvalue weighted by atomic mass is 14.0. The first kappa shape index (κ1) is 7.59. The predicted octanol–water partition coefficient (Wildman–Crippen LogP) is 3.31. The van der Waals surface area contributed by atoms with Gasteiger partial charge in [-0.25, -0.2) is 0 Å². The van der Waals surface area contributed by atoms with Gasteiger partial charge in [0.2, 0.25) is 0 Å². The van der Waals surface area contributed by atoms with Crippen LogP contribution in [0.1, 0.15) is 33.1 Å². The summed E-state index contributed by atoms with van der Waals surface area (Å²) in [5.74, 6) is 0.706. The highest BCUT2D eigenvalue weighted by molar-refractivity contribution is 5.21. The summed E-state index contributed by atoms with van der Waals surface area (Å²) in [4.78, 5) is 0. The summed E-state index contributed by atoms with van der Waals surface area (Å²) in [5.41, 5.74) is 1.53. The lowest BCUT2D eigenvalue weighted by atomic mass is 9.99. The molecule has 0 heterocycles. The second-order valence-electron chi connectivity index (χ2n) is 3.28. The maximum Gasteiger partial charge on any atom is -0.0279 e. The Hall–Kier alpha value is -0.520. The van der Waals surface area contributed by atoms with Crippen LogP contribution in [0.4, 0.5) is 0 Å². The van der Waals surface area contributed by atoms with E-state index >= 15 is 0 Å². The van der Waals surface area contributed by atoms with Gasteiger partial charge in [0.05, 0.1) is 0 Å². The van der Waals surface area contributed by atoms with Gasteiger partial charge in [-0.15, -0.1) is 0 Å². The van der Waals surface area contributed by atoms with E-state index in [0.29, 0.717) is 5.92 Å². The van der Waals surface area contributed by atoms with E-state index in [1.54, 1.807) is 0 Å². The molecule has 0 atom stereocenters. The lowest BCUT2D eigenvalue weighted by Crippen LogP contribution is -1.89. The van der Waals surface area contributed by atoms with E-state index in [0.717, 1.165) is 0 Å². The predicted molar refractivity (Wildman–Crippen MR) is 45.9 cm³/mol. The number of rotatable bonds is 1. The molecule has 56 valence electrons. The van der Waals surface area contributed by atoms with Crippen LogP contribution in [0.15, 0.2) is 23.8 Å². The average Bonchev–Trinajstić information content (AvgIpc) is 1.88. The molecule has 1 aliphatic carbocycles. The van der Waals surface area contributed by atoms with Gasteiger partial charge in [-0.3, -0.25) is 0 Å². The minimum Gasteiger partial charge on any atom is -0.0843 e. The normalized spacial score (nSPS) is 22.5. The molecule has 0 fully saturated rings. The third-order valence-corrected chi connectivity index (χ3v) is 1.72. The first-order valence-corrected chi connectivity index (χ1v) is 4.16. The van der Waals surface area contributed by atoms with Crippen LogP contribution in [0.2, 0.25) is 0 Å². The summed E-state index contributed by atoms with van der Waals surface area (Å²) >= 11 is 0. The van der Waals surface area contributed by atoms with Crippen LogP contribution < -0.4 is 0 Å². The summed E-state index contributed by atoms with van der Waals surface area (Å²) in [7, 11) is 0. The Morgan fingerprint density at radius 1 is 1.50 bits per heavy atom. The van der Waals surface area contributed by atoms with Gasteiger partial charge in [0, 0.05) is 0 Å². The third-order valence-electron chi connectivity index (χ3n) is 1.72. The molecule has 0 bridgehead atoms. The molecule has 0 unspecified atom stereocenters. The standard InChI is InChI=1S/C10H16/c1-9(2)8-10-6-4-3-5-7-10/h4,6,8-9H,3,5,7H2,1-2H3/b10-8+. The Morgan fingerprint density at radius 2 is 2.30 bits per heavy atom. The van der Waals surface area contributed by atoms with Crippen molar-refractivity contribution in [3.8, 4) is 0 Å². The van der Waals surface area contributed by atoms with Crippen molar-refractivity contribution in [2.45, 2.75) is 33.1 Å². The van der Waals surface area contributed by atoms with Crippen molar-refractivity contribution >= 4 is 0 Å². The quantitative estimate of drug-likeness (QED) is 0.518. The fourth-order valence-electron chi connectivity index (χ4n) is 1.31. The zero-order valence-electron chi connectivity index (χ0n) is 6.93. The van der Waals surface area contributed by atoms with Crippen LogP contribution in [-0.2, 0) is 0 Å². The maximum absolute atomic E-state index is 2.36. The van der Waals surface area contributed by atoms with Crippen molar-refractivity contribution in [2.75, 3.05) is 0 Å². The van der Waals surface area contributed by atoms with Gasteiger partial charge in [-0.1, -0.05) is 37.6 Å². The Balaban J connectivity index is 2.53. The fourth-order valence-corrected chi connectivity index (χ4v) is 1.31. The maximum atomic E-state index is 2.36. The van der Waals surface area contributed by atoms with Crippen molar-refractivity contribution in [1.29, 1.82) is 0 Å². The summed E-state index contributed by atoms with van der Waals surface area (Å²) in [6.45, 7) is 4.46. The molecule has 0 aromatic heterocycles. The number of hydrogen-bond donors (Lipinski definition) is 0. The second kappa shape index (κ2) is 3.60. The molecular weight excluding hydrogens is 120 g/mol. The Labute approximate surface area is 63.6 Å². The van der Waals surface area contributed by atoms with Gasteiger partial charge >= 0.3 is 0 Å². The Bertz CT molecular complexity index is 149. The van der Waals surface area contributed by atoms with E-state index in [2.05, 4.69) is 32.1 Å². The lowest BCUT2D eigenvalue weighted by Gasteiger charge is -2.07. The monoisotopic (exact) mass is 136 g/mol. The Morgan fingerprint density at radius 3 is 2.80 bits per heavy atom. The Kier molecular flexibility index (Phi) is 2.73. The average molecular weight is 136 g/mol. The van der Waals surface area contributed by atoms with E-state index in [4.69, 9.17) is 0 Å². The SMILES string of the molecule is CC(C)/C=C1\C=CCCC1. The molecule has 0 aromatic carbocycles. The van der Waals surface area contributed by atoms with Crippen LogP contribution in [0.25, 0.3) is 0 Å². The molecule has 1 aliphatic rings. The second-order valence-corrected chi connectivity index (χ2v) is 3.28. The molecule has 10 heavy (non-hydrogen) atoms. The highest BCUT2D eigenvalue weighted by Gasteiger charge is 1.98. The van der Waals surface area contributed by atoms with Crippen LogP contribution >= 0.6 is 0 Å². The molecule has 0 N–H and O–H groups in total. The molecule has 0 amide bonds. The lowest BCUT2D eigenvalue weighted by molar-refractivity contribution is 0.777. The number of allylic oxidation sites excluding steroid dienone is 4. The van der Waals surface area contributed by atoms with Gasteiger partial charge in [0.15, 0.2) is 0 Å². The van der Waals surface area contributed by atoms with Gasteiger partial charge in [-0.2, -0.15) is 0 Å².